The number of thiazole rings is 1. The minimum Gasteiger partial charge on any atom is -0.292 e. The molecule has 21 heavy (non-hydrogen) atoms. The Morgan fingerprint density at radius 2 is 2.24 bits per heavy atom. The highest BCUT2D eigenvalue weighted by atomic mass is 35.5. The van der Waals surface area contributed by atoms with Crippen molar-refractivity contribution in [3.8, 4) is 11.3 Å². The molecule has 5 nitrogen and oxygen atoms in total. The van der Waals surface area contributed by atoms with Crippen LogP contribution >= 0.6 is 22.9 Å². The van der Waals surface area contributed by atoms with Crippen molar-refractivity contribution >= 4 is 39.8 Å². The maximum absolute atomic E-state index is 11.3. The number of amides is 1. The van der Waals surface area contributed by atoms with Crippen LogP contribution in [0.15, 0.2) is 23.6 Å². The Morgan fingerprint density at radius 1 is 1.43 bits per heavy atom. The van der Waals surface area contributed by atoms with Crippen LogP contribution in [0.4, 0.5) is 5.95 Å². The highest BCUT2D eigenvalue weighted by Gasteiger charge is 2.14. The van der Waals surface area contributed by atoms with Gasteiger partial charge in [-0.3, -0.25) is 10.1 Å². The summed E-state index contributed by atoms with van der Waals surface area (Å²) in [5.41, 5.74) is 4.46. The summed E-state index contributed by atoms with van der Waals surface area (Å²) in [7, 11) is 0. The Hall–Kier alpha value is -1.92. The van der Waals surface area contributed by atoms with E-state index in [1.54, 1.807) is 4.52 Å². The normalized spacial score (nSPS) is 11.0. The first-order valence-electron chi connectivity index (χ1n) is 6.36. The van der Waals surface area contributed by atoms with E-state index in [0.29, 0.717) is 0 Å². The van der Waals surface area contributed by atoms with Crippen molar-refractivity contribution in [1.29, 1.82) is 0 Å². The molecule has 3 rings (SSSR count). The van der Waals surface area contributed by atoms with Gasteiger partial charge < -0.3 is 0 Å². The molecular formula is C14H13ClN4OS. The summed E-state index contributed by atoms with van der Waals surface area (Å²) in [5, 5.41) is 8.90. The van der Waals surface area contributed by atoms with Crippen LogP contribution in [0, 0.1) is 13.8 Å². The zero-order valence-electron chi connectivity index (χ0n) is 11.6. The Bertz CT molecular complexity index is 824. The van der Waals surface area contributed by atoms with Crippen molar-refractivity contribution in [1.82, 2.24) is 14.6 Å². The lowest BCUT2D eigenvalue weighted by molar-refractivity contribution is -0.114. The third kappa shape index (κ3) is 2.64. The van der Waals surface area contributed by atoms with Crippen molar-refractivity contribution in [2.75, 3.05) is 11.2 Å². The fourth-order valence-corrected chi connectivity index (χ4v) is 3.07. The van der Waals surface area contributed by atoms with Crippen LogP contribution in [-0.4, -0.2) is 26.4 Å². The van der Waals surface area contributed by atoms with Crippen molar-refractivity contribution < 1.29 is 4.79 Å². The number of anilines is 1. The first-order chi connectivity index (χ1) is 10.1. The van der Waals surface area contributed by atoms with Crippen molar-refractivity contribution in [3.05, 3.63) is 34.7 Å². The summed E-state index contributed by atoms with van der Waals surface area (Å²) in [6, 6.07) is 6.27. The number of halogens is 1. The molecule has 0 aliphatic rings. The predicted molar refractivity (Wildman–Crippen MR) is 85.1 cm³/mol. The minimum absolute atomic E-state index is 0.114. The van der Waals surface area contributed by atoms with Gasteiger partial charge in [0.2, 0.25) is 16.8 Å². The molecule has 1 aromatic carbocycles. The van der Waals surface area contributed by atoms with Gasteiger partial charge in [-0.15, -0.1) is 28.0 Å². The van der Waals surface area contributed by atoms with Crippen LogP contribution in [0.1, 0.15) is 11.1 Å². The molecule has 0 fully saturated rings. The Morgan fingerprint density at radius 3 is 2.95 bits per heavy atom. The highest BCUT2D eigenvalue weighted by molar-refractivity contribution is 7.15. The molecule has 0 bridgehead atoms. The molecule has 3 aromatic rings. The van der Waals surface area contributed by atoms with Crippen molar-refractivity contribution in [2.24, 2.45) is 0 Å². The van der Waals surface area contributed by atoms with E-state index in [-0.39, 0.29) is 17.7 Å². The maximum atomic E-state index is 11.3. The summed E-state index contributed by atoms with van der Waals surface area (Å²) in [5.74, 6) is -0.155. The number of carbonyl (C=O) groups excluding carboxylic acids is 1. The number of fused-ring (bicyclic) bond motifs is 1. The largest absolute Gasteiger partial charge is 0.292 e. The third-order valence-corrected chi connectivity index (χ3v) is 4.17. The van der Waals surface area contributed by atoms with Gasteiger partial charge in [0.1, 0.15) is 5.88 Å². The summed E-state index contributed by atoms with van der Waals surface area (Å²) >= 11 is 6.95. The highest BCUT2D eigenvalue weighted by Crippen LogP contribution is 2.28. The van der Waals surface area contributed by atoms with Gasteiger partial charge in [0.15, 0.2) is 0 Å². The van der Waals surface area contributed by atoms with Gasteiger partial charge in [0.05, 0.1) is 5.69 Å². The smallest absolute Gasteiger partial charge is 0.250 e. The van der Waals surface area contributed by atoms with Crippen LogP contribution in [0.25, 0.3) is 16.2 Å². The monoisotopic (exact) mass is 320 g/mol. The topological polar surface area (TPSA) is 59.3 Å². The summed E-state index contributed by atoms with van der Waals surface area (Å²) in [4.78, 5) is 16.3. The second-order valence-corrected chi connectivity index (χ2v) is 5.85. The molecule has 0 saturated carbocycles. The number of rotatable bonds is 3. The van der Waals surface area contributed by atoms with Gasteiger partial charge >= 0.3 is 0 Å². The van der Waals surface area contributed by atoms with Crippen LogP contribution < -0.4 is 5.32 Å². The van der Waals surface area contributed by atoms with Gasteiger partial charge in [-0.05, 0) is 19.4 Å². The Labute approximate surface area is 130 Å². The molecule has 2 heterocycles. The molecule has 0 saturated heterocycles. The second-order valence-electron chi connectivity index (χ2n) is 4.75. The molecule has 0 aliphatic heterocycles. The molecule has 108 valence electrons. The average molecular weight is 321 g/mol. The molecule has 1 N–H and O–H groups in total. The van der Waals surface area contributed by atoms with Crippen LogP contribution in [0.2, 0.25) is 0 Å². The van der Waals surface area contributed by atoms with Gasteiger partial charge in [-0.25, -0.2) is 4.52 Å². The number of nitrogens with one attached hydrogen (secondary N) is 1. The van der Waals surface area contributed by atoms with Crippen molar-refractivity contribution in [3.63, 3.8) is 0 Å². The molecule has 0 spiro atoms. The number of carbonyl (C=O) groups is 1. The van der Waals surface area contributed by atoms with E-state index in [1.165, 1.54) is 22.5 Å². The molecule has 0 atom stereocenters. The van der Waals surface area contributed by atoms with Crippen LogP contribution in [0.5, 0.6) is 0 Å². The molecule has 0 radical (unpaired) electrons. The first kappa shape index (κ1) is 14.0. The fourth-order valence-electron chi connectivity index (χ4n) is 2.18. The minimum atomic E-state index is -0.317. The van der Waals surface area contributed by atoms with E-state index in [9.17, 15) is 4.79 Å². The SMILES string of the molecule is Cc1ccc(-c2csc3nc(NC(=O)CCl)nn23)c(C)c1. The predicted octanol–water partition coefficient (Wildman–Crippen LogP) is 3.25. The summed E-state index contributed by atoms with van der Waals surface area (Å²) < 4.78 is 1.74. The Kier molecular flexibility index (Phi) is 3.65. The average Bonchev–Trinajstić information content (AvgIpc) is 2.99. The number of benzene rings is 1. The molecule has 2 aromatic heterocycles. The van der Waals surface area contributed by atoms with Gasteiger partial charge in [-0.1, -0.05) is 23.8 Å². The number of aryl methyl sites for hydroxylation is 2. The van der Waals surface area contributed by atoms with E-state index in [4.69, 9.17) is 11.6 Å². The molecule has 1 amide bonds. The lowest BCUT2D eigenvalue weighted by atomic mass is 10.0. The zero-order chi connectivity index (χ0) is 15.0. The zero-order valence-corrected chi connectivity index (χ0v) is 13.1. The van der Waals surface area contributed by atoms with Crippen LogP contribution in [0.3, 0.4) is 0 Å². The standard InChI is InChI=1S/C14H13ClN4OS/c1-8-3-4-10(9(2)5-8)11-7-21-14-17-13(18-19(11)14)16-12(20)6-15/h3-5,7H,6H2,1-2H3,(H,16,18,20). The summed E-state index contributed by atoms with van der Waals surface area (Å²) in [6.45, 7) is 4.13. The van der Waals surface area contributed by atoms with E-state index >= 15 is 0 Å². The van der Waals surface area contributed by atoms with E-state index < -0.39 is 0 Å². The fraction of sp³-hybridized carbons (Fsp3) is 0.214. The van der Waals surface area contributed by atoms with Gasteiger partial charge in [0.25, 0.3) is 0 Å². The van der Waals surface area contributed by atoms with E-state index in [1.807, 2.05) is 5.38 Å². The summed E-state index contributed by atoms with van der Waals surface area (Å²) in [6.07, 6.45) is 0. The lowest BCUT2D eigenvalue weighted by Gasteiger charge is -2.05. The second kappa shape index (κ2) is 5.46. The number of hydrogen-bond acceptors (Lipinski definition) is 4. The molecular weight excluding hydrogens is 308 g/mol. The van der Waals surface area contributed by atoms with Gasteiger partial charge in [0, 0.05) is 10.9 Å². The van der Waals surface area contributed by atoms with Crippen molar-refractivity contribution in [2.45, 2.75) is 13.8 Å². The Balaban J connectivity index is 2.05. The molecule has 0 aliphatic carbocycles. The van der Waals surface area contributed by atoms with Crippen LogP contribution in [-0.2, 0) is 4.79 Å². The molecule has 7 heteroatoms. The number of nitrogens with zero attached hydrogens (tertiary/aromatic N) is 3. The first-order valence-corrected chi connectivity index (χ1v) is 7.77. The lowest BCUT2D eigenvalue weighted by Crippen LogP contribution is -2.13. The van der Waals surface area contributed by atoms with E-state index in [2.05, 4.69) is 47.4 Å². The van der Waals surface area contributed by atoms with E-state index in [0.717, 1.165) is 16.2 Å². The number of aromatic nitrogens is 3. The maximum Gasteiger partial charge on any atom is 0.250 e. The number of alkyl halides is 1. The third-order valence-electron chi connectivity index (χ3n) is 3.11. The molecule has 0 unspecified atom stereocenters. The van der Waals surface area contributed by atoms with Gasteiger partial charge in [-0.2, -0.15) is 4.98 Å². The number of hydrogen-bond donors (Lipinski definition) is 1. The quantitative estimate of drug-likeness (QED) is 0.754.